The first-order valence-electron chi connectivity index (χ1n) is 6.44. The van der Waals surface area contributed by atoms with Crippen molar-refractivity contribution in [3.05, 3.63) is 42.1 Å². The molecule has 2 heterocycles. The van der Waals surface area contributed by atoms with Crippen LogP contribution in [0.5, 0.6) is 11.5 Å². The van der Waals surface area contributed by atoms with E-state index in [1.54, 1.807) is 13.1 Å². The molecule has 0 unspecified atom stereocenters. The molecule has 0 saturated heterocycles. The van der Waals surface area contributed by atoms with Crippen LogP contribution in [0, 0.1) is 0 Å². The van der Waals surface area contributed by atoms with E-state index in [1.807, 2.05) is 30.3 Å². The lowest BCUT2D eigenvalue weighted by atomic mass is 10.2. The molecular formula is C15H15NO3S. The summed E-state index contributed by atoms with van der Waals surface area (Å²) in [5.41, 5.74) is 0.826. The number of nitrogens with zero attached hydrogens (tertiary/aromatic N) is 1. The normalized spacial score (nSPS) is 14.9. The zero-order chi connectivity index (χ0) is 13.9. The van der Waals surface area contributed by atoms with Crippen molar-refractivity contribution in [1.82, 2.24) is 4.98 Å². The standard InChI is InChI=1S/C15H15NO3S/c1-10(17)12-3-2-6-16-15(12)20-11-4-5-13-14(9-11)19-8-7-18-13/h2-6,9-10,17H,7-8H2,1H3/t10-/m0/s1. The van der Waals surface area contributed by atoms with Gasteiger partial charge in [0.15, 0.2) is 11.5 Å². The summed E-state index contributed by atoms with van der Waals surface area (Å²) < 4.78 is 11.1. The quantitative estimate of drug-likeness (QED) is 0.941. The number of aromatic nitrogens is 1. The summed E-state index contributed by atoms with van der Waals surface area (Å²) in [6.45, 7) is 2.90. The van der Waals surface area contributed by atoms with Gasteiger partial charge < -0.3 is 14.6 Å². The van der Waals surface area contributed by atoms with Crippen LogP contribution in [0.3, 0.4) is 0 Å². The van der Waals surface area contributed by atoms with E-state index in [0.717, 1.165) is 27.0 Å². The Morgan fingerprint density at radius 1 is 1.20 bits per heavy atom. The molecule has 1 aliphatic rings. The number of benzene rings is 1. The predicted molar refractivity (Wildman–Crippen MR) is 76.4 cm³/mol. The van der Waals surface area contributed by atoms with Gasteiger partial charge >= 0.3 is 0 Å². The van der Waals surface area contributed by atoms with Crippen molar-refractivity contribution in [2.45, 2.75) is 22.9 Å². The van der Waals surface area contributed by atoms with Gasteiger partial charge in [0, 0.05) is 16.7 Å². The van der Waals surface area contributed by atoms with Crippen molar-refractivity contribution >= 4 is 11.8 Å². The predicted octanol–water partition coefficient (Wildman–Crippen LogP) is 3.06. The van der Waals surface area contributed by atoms with Crippen LogP contribution in [0.4, 0.5) is 0 Å². The molecule has 5 heteroatoms. The number of fused-ring (bicyclic) bond motifs is 1. The molecule has 0 radical (unpaired) electrons. The third-order valence-electron chi connectivity index (χ3n) is 2.98. The van der Waals surface area contributed by atoms with Gasteiger partial charge in [0.1, 0.15) is 18.2 Å². The molecule has 4 nitrogen and oxygen atoms in total. The summed E-state index contributed by atoms with van der Waals surface area (Å²) in [6.07, 6.45) is 1.19. The number of aliphatic hydroxyl groups is 1. The minimum atomic E-state index is -0.539. The highest BCUT2D eigenvalue weighted by molar-refractivity contribution is 7.99. The first-order valence-corrected chi connectivity index (χ1v) is 7.26. The number of hydrogen-bond donors (Lipinski definition) is 1. The molecule has 1 aromatic carbocycles. The molecule has 0 amide bonds. The zero-order valence-corrected chi connectivity index (χ0v) is 11.9. The van der Waals surface area contributed by atoms with Gasteiger partial charge in [0.2, 0.25) is 0 Å². The SMILES string of the molecule is C[C@H](O)c1cccnc1Sc1ccc2c(c1)OCCO2. The number of pyridine rings is 1. The third-order valence-corrected chi connectivity index (χ3v) is 4.00. The Morgan fingerprint density at radius 2 is 2.00 bits per heavy atom. The highest BCUT2D eigenvalue weighted by atomic mass is 32.2. The summed E-state index contributed by atoms with van der Waals surface area (Å²) in [7, 11) is 0. The molecule has 1 aromatic heterocycles. The molecule has 0 bridgehead atoms. The maximum Gasteiger partial charge on any atom is 0.162 e. The molecule has 20 heavy (non-hydrogen) atoms. The number of ether oxygens (including phenoxy) is 2. The first kappa shape index (κ1) is 13.3. The highest BCUT2D eigenvalue weighted by Gasteiger charge is 2.14. The smallest absolute Gasteiger partial charge is 0.162 e. The molecule has 2 aromatic rings. The molecule has 1 atom stereocenters. The van der Waals surface area contributed by atoms with E-state index in [-0.39, 0.29) is 0 Å². The molecule has 0 aliphatic carbocycles. The van der Waals surface area contributed by atoms with E-state index < -0.39 is 6.10 Å². The molecule has 1 aliphatic heterocycles. The van der Waals surface area contributed by atoms with E-state index in [2.05, 4.69) is 4.98 Å². The van der Waals surface area contributed by atoms with Gasteiger partial charge in [0.25, 0.3) is 0 Å². The van der Waals surface area contributed by atoms with E-state index >= 15 is 0 Å². The largest absolute Gasteiger partial charge is 0.486 e. The molecule has 0 saturated carbocycles. The minimum absolute atomic E-state index is 0.539. The second-order valence-electron chi connectivity index (χ2n) is 4.48. The van der Waals surface area contributed by atoms with E-state index in [4.69, 9.17) is 9.47 Å². The topological polar surface area (TPSA) is 51.6 Å². The van der Waals surface area contributed by atoms with Gasteiger partial charge in [-0.25, -0.2) is 4.98 Å². The Kier molecular flexibility index (Phi) is 3.80. The van der Waals surface area contributed by atoms with Gasteiger partial charge in [-0.1, -0.05) is 17.8 Å². The summed E-state index contributed by atoms with van der Waals surface area (Å²) in [5, 5.41) is 10.6. The van der Waals surface area contributed by atoms with Gasteiger partial charge in [-0.05, 0) is 31.2 Å². The zero-order valence-electron chi connectivity index (χ0n) is 11.1. The van der Waals surface area contributed by atoms with Crippen molar-refractivity contribution in [2.24, 2.45) is 0 Å². The van der Waals surface area contributed by atoms with Gasteiger partial charge in [-0.3, -0.25) is 0 Å². The lowest BCUT2D eigenvalue weighted by Gasteiger charge is -2.19. The molecule has 0 spiro atoms. The lowest BCUT2D eigenvalue weighted by molar-refractivity contribution is 0.171. The molecule has 1 N–H and O–H groups in total. The first-order chi connectivity index (χ1) is 9.74. The Bertz CT molecular complexity index is 616. The summed E-state index contributed by atoms with van der Waals surface area (Å²) in [6, 6.07) is 9.54. The highest BCUT2D eigenvalue weighted by Crippen LogP contribution is 2.37. The summed E-state index contributed by atoms with van der Waals surface area (Å²) >= 11 is 1.51. The third kappa shape index (κ3) is 2.73. The van der Waals surface area contributed by atoms with E-state index in [1.165, 1.54) is 11.8 Å². The average molecular weight is 289 g/mol. The summed E-state index contributed by atoms with van der Waals surface area (Å²) in [4.78, 5) is 5.35. The van der Waals surface area contributed by atoms with Crippen molar-refractivity contribution in [2.75, 3.05) is 13.2 Å². The average Bonchev–Trinajstić information content (AvgIpc) is 2.47. The second-order valence-corrected chi connectivity index (χ2v) is 5.54. The van der Waals surface area contributed by atoms with Crippen LogP contribution < -0.4 is 9.47 Å². The molecule has 0 fully saturated rings. The Labute approximate surface area is 121 Å². The van der Waals surface area contributed by atoms with Crippen molar-refractivity contribution < 1.29 is 14.6 Å². The number of aliphatic hydroxyl groups excluding tert-OH is 1. The van der Waals surface area contributed by atoms with Crippen molar-refractivity contribution in [3.8, 4) is 11.5 Å². The second kappa shape index (κ2) is 5.73. The van der Waals surface area contributed by atoms with Gasteiger partial charge in [-0.15, -0.1) is 0 Å². The number of rotatable bonds is 3. The van der Waals surface area contributed by atoms with Crippen LogP contribution in [-0.2, 0) is 0 Å². The fourth-order valence-electron chi connectivity index (χ4n) is 2.01. The minimum Gasteiger partial charge on any atom is -0.486 e. The monoisotopic (exact) mass is 289 g/mol. The van der Waals surface area contributed by atoms with Gasteiger partial charge in [0.05, 0.1) is 6.10 Å². The Morgan fingerprint density at radius 3 is 2.80 bits per heavy atom. The maximum absolute atomic E-state index is 9.78. The van der Waals surface area contributed by atoms with Crippen LogP contribution in [-0.4, -0.2) is 23.3 Å². The molecular weight excluding hydrogens is 274 g/mol. The van der Waals surface area contributed by atoms with Crippen molar-refractivity contribution in [1.29, 1.82) is 0 Å². The maximum atomic E-state index is 9.78. The lowest BCUT2D eigenvalue weighted by Crippen LogP contribution is -2.15. The van der Waals surface area contributed by atoms with Crippen LogP contribution in [0.25, 0.3) is 0 Å². The van der Waals surface area contributed by atoms with Gasteiger partial charge in [-0.2, -0.15) is 0 Å². The van der Waals surface area contributed by atoms with Crippen LogP contribution in [0.2, 0.25) is 0 Å². The Hall–Kier alpha value is -1.72. The fraction of sp³-hybridized carbons (Fsp3) is 0.267. The fourth-order valence-corrected chi connectivity index (χ4v) is 3.00. The van der Waals surface area contributed by atoms with Crippen LogP contribution in [0.15, 0.2) is 46.5 Å². The van der Waals surface area contributed by atoms with E-state index in [9.17, 15) is 5.11 Å². The molecule has 104 valence electrons. The van der Waals surface area contributed by atoms with Crippen LogP contribution >= 0.6 is 11.8 Å². The summed E-state index contributed by atoms with van der Waals surface area (Å²) in [5.74, 6) is 1.54. The van der Waals surface area contributed by atoms with Crippen LogP contribution in [0.1, 0.15) is 18.6 Å². The molecule has 3 rings (SSSR count). The Balaban J connectivity index is 1.88. The van der Waals surface area contributed by atoms with Crippen molar-refractivity contribution in [3.63, 3.8) is 0 Å². The van der Waals surface area contributed by atoms with E-state index in [0.29, 0.717) is 13.2 Å². The number of hydrogen-bond acceptors (Lipinski definition) is 5.